The molecule has 1 fully saturated rings. The Morgan fingerprint density at radius 2 is 2.25 bits per heavy atom. The lowest BCUT2D eigenvalue weighted by atomic mass is 10.0. The molecule has 0 aliphatic carbocycles. The molecule has 5 nitrogen and oxygen atoms in total. The van der Waals surface area contributed by atoms with Crippen LogP contribution in [0.2, 0.25) is 5.02 Å². The number of amides is 1. The van der Waals surface area contributed by atoms with Crippen molar-refractivity contribution in [2.75, 3.05) is 19.6 Å². The molecule has 1 aromatic carbocycles. The van der Waals surface area contributed by atoms with Gasteiger partial charge in [-0.3, -0.25) is 4.79 Å². The average Bonchev–Trinajstić information content (AvgIpc) is 2.86. The van der Waals surface area contributed by atoms with Gasteiger partial charge >= 0.3 is 0 Å². The van der Waals surface area contributed by atoms with E-state index in [9.17, 15) is 4.79 Å². The number of carbonyl (C=O) groups is 1. The van der Waals surface area contributed by atoms with Crippen molar-refractivity contribution in [2.24, 2.45) is 5.92 Å². The first-order chi connectivity index (χ1) is 9.75. The Bertz CT molecular complexity index is 622. The van der Waals surface area contributed by atoms with Crippen LogP contribution in [-0.4, -0.2) is 30.5 Å². The minimum Gasteiger partial charge on any atom is -0.443 e. The zero-order chi connectivity index (χ0) is 13.9. The van der Waals surface area contributed by atoms with Crippen LogP contribution < -0.4 is 10.6 Å². The molecule has 2 N–H and O–H groups in total. The Hall–Kier alpha value is -1.85. The van der Waals surface area contributed by atoms with Crippen molar-refractivity contribution in [3.63, 3.8) is 0 Å². The number of aromatic nitrogens is 1. The number of hydrogen-bond donors (Lipinski definition) is 2. The van der Waals surface area contributed by atoms with Gasteiger partial charge in [0.2, 0.25) is 0 Å². The van der Waals surface area contributed by atoms with Gasteiger partial charge in [0.15, 0.2) is 17.8 Å². The first-order valence-corrected chi connectivity index (χ1v) is 6.81. The van der Waals surface area contributed by atoms with Crippen molar-refractivity contribution in [1.82, 2.24) is 15.6 Å². The van der Waals surface area contributed by atoms with E-state index in [0.717, 1.165) is 13.1 Å². The van der Waals surface area contributed by atoms with Gasteiger partial charge < -0.3 is 15.1 Å². The summed E-state index contributed by atoms with van der Waals surface area (Å²) in [5.74, 6) is 0.662. The fourth-order valence-electron chi connectivity index (χ4n) is 2.06. The maximum atomic E-state index is 12.2. The van der Waals surface area contributed by atoms with Crippen LogP contribution in [0.5, 0.6) is 0 Å². The predicted octanol–water partition coefficient (Wildman–Crippen LogP) is 1.94. The Morgan fingerprint density at radius 1 is 1.45 bits per heavy atom. The monoisotopic (exact) mass is 291 g/mol. The number of oxazole rings is 1. The SMILES string of the molecule is O=C(NCC1CNC1)c1ncoc1-c1ccccc1Cl. The third-order valence-electron chi connectivity index (χ3n) is 3.32. The molecule has 1 aliphatic rings. The Balaban J connectivity index is 1.79. The zero-order valence-corrected chi connectivity index (χ0v) is 11.5. The van der Waals surface area contributed by atoms with Gasteiger partial charge in [-0.25, -0.2) is 4.98 Å². The van der Waals surface area contributed by atoms with Crippen LogP contribution in [0.3, 0.4) is 0 Å². The minimum atomic E-state index is -0.236. The van der Waals surface area contributed by atoms with Crippen LogP contribution in [0.25, 0.3) is 11.3 Å². The van der Waals surface area contributed by atoms with Gasteiger partial charge in [-0.2, -0.15) is 0 Å². The molecule has 6 heteroatoms. The molecule has 0 atom stereocenters. The van der Waals surface area contributed by atoms with Crippen LogP contribution >= 0.6 is 11.6 Å². The lowest BCUT2D eigenvalue weighted by molar-refractivity contribution is 0.0938. The highest BCUT2D eigenvalue weighted by Crippen LogP contribution is 2.29. The molecule has 3 rings (SSSR count). The van der Waals surface area contributed by atoms with Crippen LogP contribution in [-0.2, 0) is 0 Å². The van der Waals surface area contributed by atoms with Crippen LogP contribution in [0, 0.1) is 5.92 Å². The number of rotatable bonds is 4. The van der Waals surface area contributed by atoms with E-state index in [1.165, 1.54) is 6.39 Å². The third kappa shape index (κ3) is 2.55. The van der Waals surface area contributed by atoms with Crippen molar-refractivity contribution >= 4 is 17.5 Å². The standard InChI is InChI=1S/C14H14ClN3O2/c15-11-4-2-1-3-10(11)13-12(18-8-20-13)14(19)17-7-9-5-16-6-9/h1-4,8-9,16H,5-7H2,(H,17,19). The predicted molar refractivity (Wildman–Crippen MR) is 75.6 cm³/mol. The second kappa shape index (κ2) is 5.64. The molecule has 0 bridgehead atoms. The lowest BCUT2D eigenvalue weighted by Crippen LogP contribution is -2.48. The Kier molecular flexibility index (Phi) is 3.71. The molecule has 0 unspecified atom stereocenters. The summed E-state index contributed by atoms with van der Waals surface area (Å²) < 4.78 is 5.33. The van der Waals surface area contributed by atoms with Crippen molar-refractivity contribution < 1.29 is 9.21 Å². The number of nitrogens with one attached hydrogen (secondary N) is 2. The summed E-state index contributed by atoms with van der Waals surface area (Å²) in [5, 5.41) is 6.56. The molecule has 1 aliphatic heterocycles. The van der Waals surface area contributed by atoms with Gasteiger partial charge in [-0.05, 0) is 12.1 Å². The Labute approximate surface area is 121 Å². The van der Waals surface area contributed by atoms with Crippen molar-refractivity contribution in [1.29, 1.82) is 0 Å². The first-order valence-electron chi connectivity index (χ1n) is 6.43. The average molecular weight is 292 g/mol. The molecule has 2 aromatic rings. The second-order valence-electron chi connectivity index (χ2n) is 4.74. The van der Waals surface area contributed by atoms with E-state index in [1.54, 1.807) is 12.1 Å². The topological polar surface area (TPSA) is 67.2 Å². The molecule has 104 valence electrons. The number of nitrogens with zero attached hydrogens (tertiary/aromatic N) is 1. The second-order valence-corrected chi connectivity index (χ2v) is 5.15. The summed E-state index contributed by atoms with van der Waals surface area (Å²) >= 11 is 6.12. The molecule has 1 aromatic heterocycles. The highest BCUT2D eigenvalue weighted by Gasteiger charge is 2.22. The quantitative estimate of drug-likeness (QED) is 0.903. The fraction of sp³-hybridized carbons (Fsp3) is 0.286. The van der Waals surface area contributed by atoms with Gasteiger partial charge in [-0.1, -0.05) is 23.7 Å². The summed E-state index contributed by atoms with van der Waals surface area (Å²) in [4.78, 5) is 16.2. The highest BCUT2D eigenvalue weighted by molar-refractivity contribution is 6.33. The summed E-state index contributed by atoms with van der Waals surface area (Å²) in [6.45, 7) is 2.52. The van der Waals surface area contributed by atoms with E-state index in [2.05, 4.69) is 15.6 Å². The number of carbonyl (C=O) groups excluding carboxylic acids is 1. The summed E-state index contributed by atoms with van der Waals surface area (Å²) in [7, 11) is 0. The van der Waals surface area contributed by atoms with Gasteiger partial charge in [0.1, 0.15) is 0 Å². The first kappa shape index (κ1) is 13.1. The number of hydrogen-bond acceptors (Lipinski definition) is 4. The van der Waals surface area contributed by atoms with Gasteiger partial charge in [0, 0.05) is 31.1 Å². The van der Waals surface area contributed by atoms with Crippen LogP contribution in [0.1, 0.15) is 10.5 Å². The van der Waals surface area contributed by atoms with E-state index in [4.69, 9.17) is 16.0 Å². The van der Waals surface area contributed by atoms with Crippen molar-refractivity contribution in [3.8, 4) is 11.3 Å². The molecular formula is C14H14ClN3O2. The van der Waals surface area contributed by atoms with E-state index >= 15 is 0 Å². The van der Waals surface area contributed by atoms with Crippen molar-refractivity contribution in [3.05, 3.63) is 41.4 Å². The van der Waals surface area contributed by atoms with Gasteiger partial charge in [0.05, 0.1) is 5.02 Å². The fourth-order valence-corrected chi connectivity index (χ4v) is 2.28. The summed E-state index contributed by atoms with van der Waals surface area (Å²) in [6, 6.07) is 7.22. The van der Waals surface area contributed by atoms with E-state index < -0.39 is 0 Å². The molecule has 20 heavy (non-hydrogen) atoms. The largest absolute Gasteiger partial charge is 0.443 e. The van der Waals surface area contributed by atoms with E-state index in [-0.39, 0.29) is 11.6 Å². The van der Waals surface area contributed by atoms with E-state index in [1.807, 2.05) is 12.1 Å². The molecule has 0 radical (unpaired) electrons. The molecule has 1 amide bonds. The Morgan fingerprint density at radius 3 is 2.95 bits per heavy atom. The maximum absolute atomic E-state index is 12.2. The number of benzene rings is 1. The summed E-state index contributed by atoms with van der Waals surface area (Å²) in [5.41, 5.74) is 0.938. The van der Waals surface area contributed by atoms with E-state index in [0.29, 0.717) is 28.8 Å². The summed E-state index contributed by atoms with van der Waals surface area (Å²) in [6.07, 6.45) is 1.26. The third-order valence-corrected chi connectivity index (χ3v) is 3.65. The van der Waals surface area contributed by atoms with Gasteiger partial charge in [-0.15, -0.1) is 0 Å². The van der Waals surface area contributed by atoms with Crippen LogP contribution in [0.15, 0.2) is 35.1 Å². The lowest BCUT2D eigenvalue weighted by Gasteiger charge is -2.26. The molecular weight excluding hydrogens is 278 g/mol. The maximum Gasteiger partial charge on any atom is 0.273 e. The molecule has 2 heterocycles. The minimum absolute atomic E-state index is 0.236. The zero-order valence-electron chi connectivity index (χ0n) is 10.7. The van der Waals surface area contributed by atoms with Crippen LogP contribution in [0.4, 0.5) is 0 Å². The normalized spacial score (nSPS) is 14.8. The smallest absolute Gasteiger partial charge is 0.273 e. The number of halogens is 1. The molecule has 0 spiro atoms. The van der Waals surface area contributed by atoms with Crippen molar-refractivity contribution in [2.45, 2.75) is 0 Å². The highest BCUT2D eigenvalue weighted by atomic mass is 35.5. The van der Waals surface area contributed by atoms with Gasteiger partial charge in [0.25, 0.3) is 5.91 Å². The molecule has 0 saturated carbocycles. The molecule has 1 saturated heterocycles.